The number of amidine groups is 1. The molecule has 0 saturated carbocycles. The Morgan fingerprint density at radius 2 is 2.24 bits per heavy atom. The maximum absolute atomic E-state index is 9.57. The number of nitrogens with zero attached hydrogens (tertiary/aromatic N) is 1. The number of hydrogen-bond acceptors (Lipinski definition) is 4. The molecule has 1 aliphatic heterocycles. The number of nitrogens with two attached hydrogens (primary N) is 1. The van der Waals surface area contributed by atoms with Crippen LogP contribution in [0.5, 0.6) is 5.75 Å². The van der Waals surface area contributed by atoms with Crippen LogP contribution in [0.25, 0.3) is 0 Å². The molecule has 5 heteroatoms. The van der Waals surface area contributed by atoms with Crippen molar-refractivity contribution in [1.29, 1.82) is 5.41 Å². The van der Waals surface area contributed by atoms with Crippen molar-refractivity contribution in [2.24, 2.45) is 5.73 Å². The van der Waals surface area contributed by atoms with Crippen molar-refractivity contribution < 1.29 is 9.84 Å². The van der Waals surface area contributed by atoms with Crippen LogP contribution in [0.4, 0.5) is 0 Å². The Morgan fingerprint density at radius 1 is 1.43 bits per heavy atom. The number of nitrogens with one attached hydrogen (secondary N) is 1. The Morgan fingerprint density at radius 3 is 2.90 bits per heavy atom. The monoisotopic (exact) mass is 291 g/mol. The molecule has 1 aromatic carbocycles. The van der Waals surface area contributed by atoms with Gasteiger partial charge < -0.3 is 15.6 Å². The van der Waals surface area contributed by atoms with Crippen molar-refractivity contribution in [3.63, 3.8) is 0 Å². The summed E-state index contributed by atoms with van der Waals surface area (Å²) in [7, 11) is 1.59. The Balaban J connectivity index is 2.16. The zero-order valence-electron chi connectivity index (χ0n) is 12.6. The highest BCUT2D eigenvalue weighted by Crippen LogP contribution is 2.23. The molecule has 0 aromatic heterocycles. The molecule has 5 nitrogen and oxygen atoms in total. The minimum Gasteiger partial charge on any atom is -0.496 e. The molecule has 1 atom stereocenters. The zero-order chi connectivity index (χ0) is 15.2. The van der Waals surface area contributed by atoms with Crippen LogP contribution in [0, 0.1) is 5.41 Å². The summed E-state index contributed by atoms with van der Waals surface area (Å²) in [5, 5.41) is 17.1. The molecular formula is C16H25N3O2. The smallest absolute Gasteiger partial charge is 0.130 e. The second-order valence-corrected chi connectivity index (χ2v) is 5.60. The average Bonchev–Trinajstić information content (AvgIpc) is 2.71. The Hall–Kier alpha value is -1.59. The van der Waals surface area contributed by atoms with E-state index in [1.54, 1.807) is 7.11 Å². The maximum atomic E-state index is 9.57. The molecule has 2 rings (SSSR count). The molecule has 0 spiro atoms. The minimum atomic E-state index is 0.0152. The fourth-order valence-corrected chi connectivity index (χ4v) is 2.94. The van der Waals surface area contributed by atoms with Gasteiger partial charge in [0.2, 0.25) is 0 Å². The van der Waals surface area contributed by atoms with Gasteiger partial charge in [-0.3, -0.25) is 10.3 Å². The van der Waals surface area contributed by atoms with E-state index in [2.05, 4.69) is 4.90 Å². The fraction of sp³-hybridized carbons (Fsp3) is 0.562. The number of likely N-dealkylation sites (tertiary alicyclic amines) is 1. The molecule has 1 aromatic rings. The van der Waals surface area contributed by atoms with Gasteiger partial charge in [0.15, 0.2) is 0 Å². The molecule has 1 saturated heterocycles. The van der Waals surface area contributed by atoms with Gasteiger partial charge in [-0.15, -0.1) is 0 Å². The van der Waals surface area contributed by atoms with Gasteiger partial charge in [-0.1, -0.05) is 18.9 Å². The standard InChI is InChI=1S/C16H25N3O2/c1-21-15-9-12(6-7-14(15)16(17)18)10-19-8-4-2-3-5-13(19)11-20/h6-7,9,13,20H,2-5,8,10-11H2,1H3,(H3,17,18). The van der Waals surface area contributed by atoms with Crippen molar-refractivity contribution >= 4 is 5.84 Å². The summed E-state index contributed by atoms with van der Waals surface area (Å²) >= 11 is 0. The summed E-state index contributed by atoms with van der Waals surface area (Å²) in [6.07, 6.45) is 4.66. The molecule has 0 amide bonds. The molecule has 0 aliphatic carbocycles. The van der Waals surface area contributed by atoms with Crippen molar-refractivity contribution in [2.75, 3.05) is 20.3 Å². The lowest BCUT2D eigenvalue weighted by Crippen LogP contribution is -2.36. The molecule has 1 heterocycles. The number of aliphatic hydroxyl groups is 1. The largest absolute Gasteiger partial charge is 0.496 e. The second-order valence-electron chi connectivity index (χ2n) is 5.60. The van der Waals surface area contributed by atoms with Gasteiger partial charge in [-0.25, -0.2) is 0 Å². The normalized spacial score (nSPS) is 20.0. The third-order valence-corrected chi connectivity index (χ3v) is 4.15. The number of hydrogen-bond donors (Lipinski definition) is 3. The Bertz CT molecular complexity index is 490. The van der Waals surface area contributed by atoms with Crippen LogP contribution in [0.15, 0.2) is 18.2 Å². The first-order valence-corrected chi connectivity index (χ1v) is 7.52. The van der Waals surface area contributed by atoms with E-state index in [9.17, 15) is 5.11 Å². The summed E-state index contributed by atoms with van der Waals surface area (Å²) in [6.45, 7) is 2.02. The van der Waals surface area contributed by atoms with Gasteiger partial charge in [-0.2, -0.15) is 0 Å². The summed E-state index contributed by atoms with van der Waals surface area (Å²) in [5.74, 6) is 0.650. The Labute approximate surface area is 126 Å². The summed E-state index contributed by atoms with van der Waals surface area (Å²) in [4.78, 5) is 2.34. The SMILES string of the molecule is COc1cc(CN2CCCCCC2CO)ccc1C(=N)N. The first kappa shape index (κ1) is 15.8. The van der Waals surface area contributed by atoms with Crippen LogP contribution in [0.2, 0.25) is 0 Å². The topological polar surface area (TPSA) is 82.6 Å². The molecule has 1 aliphatic rings. The third-order valence-electron chi connectivity index (χ3n) is 4.15. The van der Waals surface area contributed by atoms with Gasteiger partial charge in [0.1, 0.15) is 11.6 Å². The minimum absolute atomic E-state index is 0.0152. The predicted octanol–water partition coefficient (Wildman–Crippen LogP) is 1.72. The fourth-order valence-electron chi connectivity index (χ4n) is 2.94. The second kappa shape index (κ2) is 7.43. The van der Waals surface area contributed by atoms with Crippen LogP contribution in [0.1, 0.15) is 36.8 Å². The predicted molar refractivity (Wildman–Crippen MR) is 83.8 cm³/mol. The van der Waals surface area contributed by atoms with E-state index in [1.807, 2.05) is 18.2 Å². The van der Waals surface area contributed by atoms with Gasteiger partial charge in [0.25, 0.3) is 0 Å². The quantitative estimate of drug-likeness (QED) is 0.570. The lowest BCUT2D eigenvalue weighted by atomic mass is 10.1. The van der Waals surface area contributed by atoms with E-state index >= 15 is 0 Å². The zero-order valence-corrected chi connectivity index (χ0v) is 12.6. The maximum Gasteiger partial charge on any atom is 0.130 e. The van der Waals surface area contributed by atoms with E-state index in [1.165, 1.54) is 19.3 Å². The third kappa shape index (κ3) is 3.95. The van der Waals surface area contributed by atoms with Gasteiger partial charge in [0.05, 0.1) is 19.3 Å². The summed E-state index contributed by atoms with van der Waals surface area (Å²) in [6, 6.07) is 6.00. The van der Waals surface area contributed by atoms with Crippen LogP contribution in [0.3, 0.4) is 0 Å². The lowest BCUT2D eigenvalue weighted by Gasteiger charge is -2.28. The first-order valence-electron chi connectivity index (χ1n) is 7.52. The number of aliphatic hydroxyl groups excluding tert-OH is 1. The summed E-state index contributed by atoms with van der Waals surface area (Å²) in [5.41, 5.74) is 7.29. The van der Waals surface area contributed by atoms with Crippen LogP contribution in [-0.4, -0.2) is 42.1 Å². The van der Waals surface area contributed by atoms with E-state index in [-0.39, 0.29) is 18.5 Å². The number of nitrogen functional groups attached to an aromatic ring is 1. The average molecular weight is 291 g/mol. The molecule has 0 bridgehead atoms. The number of methoxy groups -OCH3 is 1. The highest BCUT2D eigenvalue weighted by Gasteiger charge is 2.20. The number of rotatable bonds is 5. The van der Waals surface area contributed by atoms with Crippen LogP contribution in [-0.2, 0) is 6.54 Å². The van der Waals surface area contributed by atoms with Gasteiger partial charge >= 0.3 is 0 Å². The van der Waals surface area contributed by atoms with E-state index in [0.717, 1.165) is 25.1 Å². The molecule has 0 radical (unpaired) electrons. The van der Waals surface area contributed by atoms with Crippen molar-refractivity contribution in [1.82, 2.24) is 4.90 Å². The van der Waals surface area contributed by atoms with Crippen molar-refractivity contribution in [2.45, 2.75) is 38.3 Å². The van der Waals surface area contributed by atoms with E-state index < -0.39 is 0 Å². The molecule has 4 N–H and O–H groups in total. The van der Waals surface area contributed by atoms with Gasteiger partial charge in [-0.05, 0) is 37.1 Å². The number of ether oxygens (including phenoxy) is 1. The summed E-state index contributed by atoms with van der Waals surface area (Å²) < 4.78 is 5.33. The van der Waals surface area contributed by atoms with Gasteiger partial charge in [0, 0.05) is 12.6 Å². The molecule has 1 fully saturated rings. The first-order chi connectivity index (χ1) is 10.2. The van der Waals surface area contributed by atoms with Crippen molar-refractivity contribution in [3.8, 4) is 5.75 Å². The van der Waals surface area contributed by atoms with E-state index in [0.29, 0.717) is 11.3 Å². The number of benzene rings is 1. The molecule has 1 unspecified atom stereocenters. The highest BCUT2D eigenvalue weighted by molar-refractivity contribution is 5.97. The van der Waals surface area contributed by atoms with E-state index in [4.69, 9.17) is 15.9 Å². The molecule has 116 valence electrons. The molecular weight excluding hydrogens is 266 g/mol. The van der Waals surface area contributed by atoms with Crippen molar-refractivity contribution in [3.05, 3.63) is 29.3 Å². The lowest BCUT2D eigenvalue weighted by molar-refractivity contribution is 0.118. The van der Waals surface area contributed by atoms with Crippen LogP contribution >= 0.6 is 0 Å². The Kier molecular flexibility index (Phi) is 5.59. The highest BCUT2D eigenvalue weighted by atomic mass is 16.5. The molecule has 21 heavy (non-hydrogen) atoms. The van der Waals surface area contributed by atoms with Crippen LogP contribution < -0.4 is 10.5 Å².